The fourth-order valence-corrected chi connectivity index (χ4v) is 2.05. The number of carbonyl (C=O) groups excluding carboxylic acids is 1. The van der Waals surface area contributed by atoms with E-state index in [9.17, 15) is 27.2 Å². The van der Waals surface area contributed by atoms with Gasteiger partial charge in [-0.2, -0.15) is 13.2 Å². The molecule has 0 saturated carbocycles. The lowest BCUT2D eigenvalue weighted by Crippen LogP contribution is -2.21. The Hall–Kier alpha value is -3.10. The Morgan fingerprint density at radius 3 is 2.28 bits per heavy atom. The van der Waals surface area contributed by atoms with E-state index in [2.05, 4.69) is 0 Å². The number of carboxylic acids is 1. The van der Waals surface area contributed by atoms with E-state index in [4.69, 9.17) is 9.84 Å². The minimum absolute atomic E-state index is 0.207. The Kier molecular flexibility index (Phi) is 5.26. The summed E-state index contributed by atoms with van der Waals surface area (Å²) in [6.45, 7) is -0.207. The van der Waals surface area contributed by atoms with Crippen molar-refractivity contribution in [2.45, 2.75) is 12.8 Å². The first kappa shape index (κ1) is 18.2. The van der Waals surface area contributed by atoms with Gasteiger partial charge in [0.2, 0.25) is 0 Å². The van der Waals surface area contributed by atoms with Crippen LogP contribution in [0.2, 0.25) is 0 Å². The molecule has 132 valence electrons. The standard InChI is InChI=1S/C16H11F4NO4/c17-10-6-7-11(13(16(18,19)20)12(10)14(22)23)21-15(24)25-8-9-4-2-1-3-5-9/h1-7H,8H2,(H,21,24)(H,22,23). The molecule has 0 radical (unpaired) electrons. The predicted octanol–water partition coefficient (Wildman–Crippen LogP) is 4.29. The van der Waals surface area contributed by atoms with Crippen LogP contribution in [-0.4, -0.2) is 17.2 Å². The zero-order valence-electron chi connectivity index (χ0n) is 12.4. The van der Waals surface area contributed by atoms with Crippen molar-refractivity contribution in [2.75, 3.05) is 5.32 Å². The Labute approximate surface area is 138 Å². The van der Waals surface area contributed by atoms with Crippen LogP contribution in [0.5, 0.6) is 0 Å². The van der Waals surface area contributed by atoms with Gasteiger partial charge in [-0.15, -0.1) is 0 Å². The average Bonchev–Trinajstić information content (AvgIpc) is 2.54. The second-order valence-corrected chi connectivity index (χ2v) is 4.83. The summed E-state index contributed by atoms with van der Waals surface area (Å²) < 4.78 is 57.6. The number of aromatic carboxylic acids is 1. The second kappa shape index (κ2) is 7.20. The highest BCUT2D eigenvalue weighted by atomic mass is 19.4. The molecule has 0 aromatic heterocycles. The molecule has 0 spiro atoms. The van der Waals surface area contributed by atoms with Crippen LogP contribution in [0.25, 0.3) is 0 Å². The number of amides is 1. The Morgan fingerprint density at radius 2 is 1.72 bits per heavy atom. The molecule has 0 fully saturated rings. The normalized spacial score (nSPS) is 11.0. The Balaban J connectivity index is 2.25. The van der Waals surface area contributed by atoms with Crippen LogP contribution in [0, 0.1) is 5.82 Å². The summed E-state index contributed by atoms with van der Waals surface area (Å²) in [6, 6.07) is 9.49. The number of anilines is 1. The van der Waals surface area contributed by atoms with E-state index in [1.54, 1.807) is 35.6 Å². The van der Waals surface area contributed by atoms with Crippen molar-refractivity contribution >= 4 is 17.7 Å². The molecule has 0 bridgehead atoms. The van der Waals surface area contributed by atoms with Gasteiger partial charge in [0.15, 0.2) is 0 Å². The number of hydrogen-bond donors (Lipinski definition) is 2. The molecule has 5 nitrogen and oxygen atoms in total. The van der Waals surface area contributed by atoms with E-state index in [0.29, 0.717) is 17.7 Å². The Bertz CT molecular complexity index is 791. The largest absolute Gasteiger partial charge is 0.478 e. The number of rotatable bonds is 4. The van der Waals surface area contributed by atoms with E-state index in [1.165, 1.54) is 0 Å². The molecule has 0 saturated heterocycles. The maximum atomic E-state index is 13.5. The third kappa shape index (κ3) is 4.46. The molecule has 0 aliphatic rings. The van der Waals surface area contributed by atoms with Crippen LogP contribution < -0.4 is 5.32 Å². The van der Waals surface area contributed by atoms with Crippen LogP contribution in [0.1, 0.15) is 21.5 Å². The van der Waals surface area contributed by atoms with Crippen LogP contribution >= 0.6 is 0 Å². The van der Waals surface area contributed by atoms with Crippen molar-refractivity contribution in [3.63, 3.8) is 0 Å². The summed E-state index contributed by atoms with van der Waals surface area (Å²) in [5.41, 5.74) is -3.69. The van der Waals surface area contributed by atoms with Crippen LogP contribution in [0.4, 0.5) is 28.0 Å². The van der Waals surface area contributed by atoms with Gasteiger partial charge in [0.1, 0.15) is 18.0 Å². The average molecular weight is 357 g/mol. The molecule has 0 atom stereocenters. The van der Waals surface area contributed by atoms with Gasteiger partial charge in [-0.3, -0.25) is 5.32 Å². The third-order valence-corrected chi connectivity index (χ3v) is 3.10. The summed E-state index contributed by atoms with van der Waals surface area (Å²) >= 11 is 0. The molecule has 9 heteroatoms. The summed E-state index contributed by atoms with van der Waals surface area (Å²) in [4.78, 5) is 22.6. The van der Waals surface area contributed by atoms with Gasteiger partial charge < -0.3 is 9.84 Å². The van der Waals surface area contributed by atoms with Crippen molar-refractivity contribution in [3.8, 4) is 0 Å². The molecule has 0 aliphatic heterocycles. The van der Waals surface area contributed by atoms with Crippen LogP contribution in [0.3, 0.4) is 0 Å². The summed E-state index contributed by atoms with van der Waals surface area (Å²) in [5.74, 6) is -3.67. The maximum Gasteiger partial charge on any atom is 0.419 e. The smallest absolute Gasteiger partial charge is 0.419 e. The molecule has 2 N–H and O–H groups in total. The van der Waals surface area contributed by atoms with Gasteiger partial charge in [-0.25, -0.2) is 14.0 Å². The van der Waals surface area contributed by atoms with Crippen molar-refractivity contribution < 1.29 is 37.0 Å². The van der Waals surface area contributed by atoms with Crippen molar-refractivity contribution in [3.05, 3.63) is 65.0 Å². The monoisotopic (exact) mass is 357 g/mol. The third-order valence-electron chi connectivity index (χ3n) is 3.10. The predicted molar refractivity (Wildman–Crippen MR) is 78.6 cm³/mol. The lowest BCUT2D eigenvalue weighted by Gasteiger charge is -2.16. The molecule has 0 heterocycles. The quantitative estimate of drug-likeness (QED) is 0.801. The molecule has 1 amide bonds. The van der Waals surface area contributed by atoms with E-state index >= 15 is 0 Å². The van der Waals surface area contributed by atoms with Gasteiger partial charge in [-0.05, 0) is 17.7 Å². The number of benzene rings is 2. The van der Waals surface area contributed by atoms with Gasteiger partial charge >= 0.3 is 18.2 Å². The fraction of sp³-hybridized carbons (Fsp3) is 0.125. The minimum atomic E-state index is -5.20. The molecule has 2 aromatic rings. The van der Waals surface area contributed by atoms with E-state index in [0.717, 1.165) is 0 Å². The van der Waals surface area contributed by atoms with Gasteiger partial charge in [0.25, 0.3) is 0 Å². The van der Waals surface area contributed by atoms with Gasteiger partial charge in [0.05, 0.1) is 11.3 Å². The number of nitrogens with one attached hydrogen (secondary N) is 1. The summed E-state index contributed by atoms with van der Waals surface area (Å²) in [6.07, 6.45) is -6.44. The lowest BCUT2D eigenvalue weighted by molar-refractivity contribution is -0.137. The fourth-order valence-electron chi connectivity index (χ4n) is 2.05. The number of hydrogen-bond acceptors (Lipinski definition) is 3. The molecular formula is C16H11F4NO4. The zero-order chi connectivity index (χ0) is 18.6. The molecule has 25 heavy (non-hydrogen) atoms. The molecule has 0 aliphatic carbocycles. The van der Waals surface area contributed by atoms with Crippen LogP contribution in [0.15, 0.2) is 42.5 Å². The molecule has 2 aromatic carbocycles. The zero-order valence-corrected chi connectivity index (χ0v) is 12.4. The maximum absolute atomic E-state index is 13.5. The summed E-state index contributed by atoms with van der Waals surface area (Å²) in [7, 11) is 0. The van der Waals surface area contributed by atoms with E-state index < -0.39 is 40.9 Å². The van der Waals surface area contributed by atoms with E-state index in [1.807, 2.05) is 0 Å². The number of carboxylic acid groups (broad SMARTS) is 1. The minimum Gasteiger partial charge on any atom is -0.478 e. The SMILES string of the molecule is O=C(Nc1ccc(F)c(C(=O)O)c1C(F)(F)F)OCc1ccccc1. The van der Waals surface area contributed by atoms with Crippen molar-refractivity contribution in [1.82, 2.24) is 0 Å². The summed E-state index contributed by atoms with van der Waals surface area (Å²) in [5, 5.41) is 10.6. The molecule has 0 unspecified atom stereocenters. The number of ether oxygens (including phenoxy) is 1. The first-order valence-electron chi connectivity index (χ1n) is 6.81. The number of alkyl halides is 3. The number of carbonyl (C=O) groups is 2. The highest BCUT2D eigenvalue weighted by Gasteiger charge is 2.40. The topological polar surface area (TPSA) is 75.6 Å². The van der Waals surface area contributed by atoms with Crippen LogP contribution in [-0.2, 0) is 17.5 Å². The highest BCUT2D eigenvalue weighted by Crippen LogP contribution is 2.38. The highest BCUT2D eigenvalue weighted by molar-refractivity contribution is 5.94. The number of halogens is 4. The molecular weight excluding hydrogens is 346 g/mol. The second-order valence-electron chi connectivity index (χ2n) is 4.83. The molecule has 2 rings (SSSR count). The van der Waals surface area contributed by atoms with Crippen molar-refractivity contribution in [2.24, 2.45) is 0 Å². The van der Waals surface area contributed by atoms with Gasteiger partial charge in [0, 0.05) is 0 Å². The van der Waals surface area contributed by atoms with E-state index in [-0.39, 0.29) is 6.61 Å². The Morgan fingerprint density at radius 1 is 1.08 bits per heavy atom. The first-order valence-corrected chi connectivity index (χ1v) is 6.81. The lowest BCUT2D eigenvalue weighted by atomic mass is 10.0. The van der Waals surface area contributed by atoms with Crippen molar-refractivity contribution in [1.29, 1.82) is 0 Å². The van der Waals surface area contributed by atoms with Gasteiger partial charge in [-0.1, -0.05) is 30.3 Å². The first-order chi connectivity index (χ1) is 11.7.